The zero-order valence-corrected chi connectivity index (χ0v) is 14.4. The maximum atomic E-state index is 11.7. The van der Waals surface area contributed by atoms with E-state index in [-0.39, 0.29) is 12.5 Å². The second kappa shape index (κ2) is 8.10. The molecule has 2 amide bonds. The predicted octanol–water partition coefficient (Wildman–Crippen LogP) is 3.33. The fourth-order valence-electron chi connectivity index (χ4n) is 1.63. The van der Waals surface area contributed by atoms with Gasteiger partial charge in [-0.2, -0.15) is 5.10 Å². The van der Waals surface area contributed by atoms with E-state index in [2.05, 4.69) is 15.8 Å². The summed E-state index contributed by atoms with van der Waals surface area (Å²) in [5.74, 6) is -0.713. The van der Waals surface area contributed by atoms with Crippen LogP contribution in [0.3, 0.4) is 0 Å². The Morgan fingerprint density at radius 3 is 2.65 bits per heavy atom. The van der Waals surface area contributed by atoms with Gasteiger partial charge in [0.1, 0.15) is 0 Å². The average Bonchev–Trinajstić information content (AvgIpc) is 3.07. The number of nitrogens with zero attached hydrogens (tertiary/aromatic N) is 1. The summed E-state index contributed by atoms with van der Waals surface area (Å²) in [6.45, 7) is 1.57. The van der Waals surface area contributed by atoms with E-state index in [9.17, 15) is 9.59 Å². The van der Waals surface area contributed by atoms with Crippen molar-refractivity contribution in [2.45, 2.75) is 6.92 Å². The molecule has 0 aliphatic carbocycles. The standard InChI is InChI=1S/C15H13Cl2N3O2S/c1-9(10-4-5-11(16)12(17)7-10)19-20-14(21)8-18-15(22)13-3-2-6-23-13/h2-7H,8H2,1H3,(H,18,22)(H,20,21). The van der Waals surface area contributed by atoms with Crippen LogP contribution in [0, 0.1) is 0 Å². The summed E-state index contributed by atoms with van der Waals surface area (Å²) < 4.78 is 0. The fraction of sp³-hybridized carbons (Fsp3) is 0.133. The van der Waals surface area contributed by atoms with Crippen LogP contribution < -0.4 is 10.7 Å². The maximum Gasteiger partial charge on any atom is 0.261 e. The minimum Gasteiger partial charge on any atom is -0.342 e. The van der Waals surface area contributed by atoms with Crippen molar-refractivity contribution in [1.29, 1.82) is 0 Å². The second-order valence-electron chi connectivity index (χ2n) is 4.52. The molecular formula is C15H13Cl2N3O2S. The lowest BCUT2D eigenvalue weighted by Crippen LogP contribution is -2.34. The van der Waals surface area contributed by atoms with Crippen LogP contribution in [0.5, 0.6) is 0 Å². The Hall–Kier alpha value is -1.89. The number of hydrogen-bond donors (Lipinski definition) is 2. The molecule has 120 valence electrons. The number of thiophene rings is 1. The summed E-state index contributed by atoms with van der Waals surface area (Å²) in [5, 5.41) is 9.14. The molecule has 0 atom stereocenters. The zero-order valence-electron chi connectivity index (χ0n) is 12.1. The number of benzene rings is 1. The largest absolute Gasteiger partial charge is 0.342 e. The number of hydrazone groups is 1. The zero-order chi connectivity index (χ0) is 16.8. The Balaban J connectivity index is 1.87. The van der Waals surface area contributed by atoms with Gasteiger partial charge in [-0.25, -0.2) is 5.43 Å². The number of halogens is 2. The summed E-state index contributed by atoms with van der Waals surface area (Å²) in [7, 11) is 0. The van der Waals surface area contributed by atoms with Gasteiger partial charge in [-0.3, -0.25) is 9.59 Å². The highest BCUT2D eigenvalue weighted by Crippen LogP contribution is 2.22. The third-order valence-electron chi connectivity index (χ3n) is 2.84. The molecule has 0 radical (unpaired) electrons. The molecule has 1 aromatic carbocycles. The molecule has 8 heteroatoms. The molecule has 0 unspecified atom stereocenters. The topological polar surface area (TPSA) is 70.6 Å². The summed E-state index contributed by atoms with van der Waals surface area (Å²) in [6.07, 6.45) is 0. The summed E-state index contributed by atoms with van der Waals surface area (Å²) in [4.78, 5) is 23.9. The first kappa shape index (κ1) is 17.5. The maximum absolute atomic E-state index is 11.7. The van der Waals surface area contributed by atoms with Gasteiger partial charge >= 0.3 is 0 Å². The van der Waals surface area contributed by atoms with E-state index in [1.165, 1.54) is 11.3 Å². The molecule has 0 spiro atoms. The van der Waals surface area contributed by atoms with Crippen LogP contribution in [0.25, 0.3) is 0 Å². The van der Waals surface area contributed by atoms with Gasteiger partial charge in [0, 0.05) is 0 Å². The highest BCUT2D eigenvalue weighted by molar-refractivity contribution is 7.12. The lowest BCUT2D eigenvalue weighted by atomic mass is 10.1. The Kier molecular flexibility index (Phi) is 6.15. The lowest BCUT2D eigenvalue weighted by molar-refractivity contribution is -0.120. The lowest BCUT2D eigenvalue weighted by Gasteiger charge is -2.05. The van der Waals surface area contributed by atoms with Gasteiger partial charge in [0.05, 0.1) is 27.2 Å². The van der Waals surface area contributed by atoms with Gasteiger partial charge in [0.2, 0.25) is 0 Å². The van der Waals surface area contributed by atoms with Gasteiger partial charge < -0.3 is 5.32 Å². The summed E-state index contributed by atoms with van der Waals surface area (Å²) in [5.41, 5.74) is 3.69. The molecule has 1 heterocycles. The van der Waals surface area contributed by atoms with Gasteiger partial charge in [-0.05, 0) is 36.1 Å². The van der Waals surface area contributed by atoms with E-state index >= 15 is 0 Å². The van der Waals surface area contributed by atoms with E-state index in [4.69, 9.17) is 23.2 Å². The van der Waals surface area contributed by atoms with Crippen molar-refractivity contribution in [3.8, 4) is 0 Å². The Labute approximate surface area is 147 Å². The number of nitrogens with one attached hydrogen (secondary N) is 2. The van der Waals surface area contributed by atoms with Crippen LogP contribution in [0.2, 0.25) is 10.0 Å². The van der Waals surface area contributed by atoms with Crippen molar-refractivity contribution in [2.75, 3.05) is 6.54 Å². The van der Waals surface area contributed by atoms with E-state index in [0.717, 1.165) is 5.56 Å². The van der Waals surface area contributed by atoms with Gasteiger partial charge in [-0.15, -0.1) is 11.3 Å². The smallest absolute Gasteiger partial charge is 0.261 e. The third kappa shape index (κ3) is 5.06. The van der Waals surface area contributed by atoms with Gasteiger partial charge in [0.25, 0.3) is 11.8 Å². The molecule has 0 aliphatic rings. The van der Waals surface area contributed by atoms with E-state index in [1.54, 1.807) is 42.6 Å². The van der Waals surface area contributed by atoms with Gasteiger partial charge in [0.15, 0.2) is 0 Å². The van der Waals surface area contributed by atoms with Crippen LogP contribution >= 0.6 is 34.5 Å². The predicted molar refractivity (Wildman–Crippen MR) is 93.5 cm³/mol. The SMILES string of the molecule is CC(=NNC(=O)CNC(=O)c1cccs1)c1ccc(Cl)c(Cl)c1. The fourth-order valence-corrected chi connectivity index (χ4v) is 2.57. The first-order valence-electron chi connectivity index (χ1n) is 6.57. The molecule has 2 N–H and O–H groups in total. The minimum atomic E-state index is -0.422. The Bertz CT molecular complexity index is 745. The number of rotatable bonds is 5. The van der Waals surface area contributed by atoms with Crippen LogP contribution in [-0.2, 0) is 4.79 Å². The number of carbonyl (C=O) groups excluding carboxylic acids is 2. The quantitative estimate of drug-likeness (QED) is 0.626. The first-order chi connectivity index (χ1) is 11.0. The molecule has 0 aliphatic heterocycles. The molecule has 1 aromatic heterocycles. The van der Waals surface area contributed by atoms with Gasteiger partial charge in [-0.1, -0.05) is 35.3 Å². The Morgan fingerprint density at radius 1 is 1.22 bits per heavy atom. The van der Waals surface area contributed by atoms with Crippen molar-refractivity contribution >= 4 is 52.1 Å². The van der Waals surface area contributed by atoms with Crippen molar-refractivity contribution in [2.24, 2.45) is 5.10 Å². The number of carbonyl (C=O) groups is 2. The molecule has 5 nitrogen and oxygen atoms in total. The molecule has 2 aromatic rings. The average molecular weight is 370 g/mol. The second-order valence-corrected chi connectivity index (χ2v) is 6.28. The van der Waals surface area contributed by atoms with E-state index in [0.29, 0.717) is 20.6 Å². The number of amides is 2. The highest BCUT2D eigenvalue weighted by atomic mass is 35.5. The van der Waals surface area contributed by atoms with Crippen LogP contribution in [0.1, 0.15) is 22.2 Å². The Morgan fingerprint density at radius 2 is 2.00 bits per heavy atom. The monoisotopic (exact) mass is 369 g/mol. The molecule has 0 fully saturated rings. The molecule has 2 rings (SSSR count). The number of hydrogen-bond acceptors (Lipinski definition) is 4. The van der Waals surface area contributed by atoms with Crippen molar-refractivity contribution in [3.63, 3.8) is 0 Å². The van der Waals surface area contributed by atoms with Crippen molar-refractivity contribution in [3.05, 3.63) is 56.2 Å². The van der Waals surface area contributed by atoms with Crippen LogP contribution in [0.4, 0.5) is 0 Å². The van der Waals surface area contributed by atoms with Crippen molar-refractivity contribution in [1.82, 2.24) is 10.7 Å². The third-order valence-corrected chi connectivity index (χ3v) is 4.45. The first-order valence-corrected chi connectivity index (χ1v) is 8.21. The van der Waals surface area contributed by atoms with Crippen LogP contribution in [0.15, 0.2) is 40.8 Å². The minimum absolute atomic E-state index is 0.158. The molecule has 0 saturated heterocycles. The highest BCUT2D eigenvalue weighted by Gasteiger charge is 2.08. The summed E-state index contributed by atoms with van der Waals surface area (Å²) >= 11 is 13.1. The molecule has 23 heavy (non-hydrogen) atoms. The van der Waals surface area contributed by atoms with E-state index in [1.807, 2.05) is 0 Å². The van der Waals surface area contributed by atoms with E-state index < -0.39 is 5.91 Å². The van der Waals surface area contributed by atoms with Crippen LogP contribution in [-0.4, -0.2) is 24.1 Å². The summed E-state index contributed by atoms with van der Waals surface area (Å²) in [6, 6.07) is 8.52. The van der Waals surface area contributed by atoms with Crippen molar-refractivity contribution < 1.29 is 9.59 Å². The molecule has 0 saturated carbocycles. The normalized spacial score (nSPS) is 11.2. The molecule has 0 bridgehead atoms. The molecular weight excluding hydrogens is 357 g/mol.